The van der Waals surface area contributed by atoms with Gasteiger partial charge in [-0.25, -0.2) is 13.2 Å². The topological polar surface area (TPSA) is 91.7 Å². The maximum absolute atomic E-state index is 11.6. The lowest BCUT2D eigenvalue weighted by atomic mass is 10.1. The molecule has 0 spiro atoms. The van der Waals surface area contributed by atoms with Gasteiger partial charge in [0.2, 0.25) is 0 Å². The lowest BCUT2D eigenvalue weighted by molar-refractivity contribution is 0.0696. The van der Waals surface area contributed by atoms with Crippen molar-refractivity contribution >= 4 is 15.8 Å². The zero-order valence-electron chi connectivity index (χ0n) is 8.67. The Labute approximate surface area is 93.3 Å². The van der Waals surface area contributed by atoms with Gasteiger partial charge in [0, 0.05) is 0 Å². The van der Waals surface area contributed by atoms with Gasteiger partial charge in [-0.05, 0) is 24.6 Å². The molecule has 0 aliphatic rings. The molecular weight excluding hydrogens is 232 g/mol. The van der Waals surface area contributed by atoms with Crippen LogP contribution in [0.25, 0.3) is 0 Å². The van der Waals surface area contributed by atoms with E-state index in [1.54, 1.807) is 6.92 Å². The van der Waals surface area contributed by atoms with Crippen molar-refractivity contribution in [2.75, 3.05) is 12.4 Å². The smallest absolute Gasteiger partial charge is 0.335 e. The van der Waals surface area contributed by atoms with Crippen LogP contribution in [0.2, 0.25) is 0 Å². The predicted molar refractivity (Wildman–Crippen MR) is 57.3 cm³/mol. The first-order valence-electron chi connectivity index (χ1n) is 4.56. The standard InChI is InChI=1S/C10H12O5S/c1-7-2-3-8(6-9(7)10(12)13)16(14,15)5-4-11/h2-3,6,11H,4-5H2,1H3,(H,12,13). The Morgan fingerprint density at radius 2 is 2.00 bits per heavy atom. The average molecular weight is 244 g/mol. The van der Waals surface area contributed by atoms with E-state index in [2.05, 4.69) is 0 Å². The number of aromatic carboxylic acids is 1. The molecular formula is C10H12O5S. The summed E-state index contributed by atoms with van der Waals surface area (Å²) in [4.78, 5) is 10.7. The Balaban J connectivity index is 3.28. The van der Waals surface area contributed by atoms with E-state index in [9.17, 15) is 13.2 Å². The Morgan fingerprint density at radius 3 is 2.50 bits per heavy atom. The predicted octanol–water partition coefficient (Wildman–Crippen LogP) is 0.459. The van der Waals surface area contributed by atoms with Crippen molar-refractivity contribution in [3.05, 3.63) is 29.3 Å². The first-order chi connectivity index (χ1) is 7.38. The first-order valence-corrected chi connectivity index (χ1v) is 6.21. The molecule has 0 bridgehead atoms. The molecule has 88 valence electrons. The molecule has 0 saturated carbocycles. The lowest BCUT2D eigenvalue weighted by Gasteiger charge is -2.05. The van der Waals surface area contributed by atoms with Crippen LogP contribution in [0.15, 0.2) is 23.1 Å². The van der Waals surface area contributed by atoms with E-state index in [1.807, 2.05) is 0 Å². The van der Waals surface area contributed by atoms with Gasteiger partial charge in [0.15, 0.2) is 9.84 Å². The van der Waals surface area contributed by atoms with E-state index in [0.29, 0.717) is 5.56 Å². The molecule has 0 fully saturated rings. The Kier molecular flexibility index (Phi) is 3.66. The number of aliphatic hydroxyl groups is 1. The van der Waals surface area contributed by atoms with E-state index < -0.39 is 28.2 Å². The molecule has 0 aromatic heterocycles. The van der Waals surface area contributed by atoms with Gasteiger partial charge in [-0.3, -0.25) is 0 Å². The minimum absolute atomic E-state index is 0.0426. The molecule has 0 saturated heterocycles. The average Bonchev–Trinajstić information content (AvgIpc) is 2.17. The van der Waals surface area contributed by atoms with Crippen LogP contribution in [0.4, 0.5) is 0 Å². The summed E-state index contributed by atoms with van der Waals surface area (Å²) in [7, 11) is -3.60. The minimum atomic E-state index is -3.60. The summed E-state index contributed by atoms with van der Waals surface area (Å²) in [5.74, 6) is -1.58. The quantitative estimate of drug-likeness (QED) is 0.802. The third-order valence-electron chi connectivity index (χ3n) is 2.16. The molecule has 6 heteroatoms. The van der Waals surface area contributed by atoms with Crippen LogP contribution < -0.4 is 0 Å². The minimum Gasteiger partial charge on any atom is -0.478 e. The van der Waals surface area contributed by atoms with E-state index in [1.165, 1.54) is 12.1 Å². The molecule has 0 amide bonds. The summed E-state index contributed by atoms with van der Waals surface area (Å²) in [6.45, 7) is 1.10. The summed E-state index contributed by atoms with van der Waals surface area (Å²) in [5.41, 5.74) is 0.453. The SMILES string of the molecule is Cc1ccc(S(=O)(=O)CCO)cc1C(=O)O. The summed E-state index contributed by atoms with van der Waals surface area (Å²) >= 11 is 0. The number of hydrogen-bond donors (Lipinski definition) is 2. The highest BCUT2D eigenvalue weighted by molar-refractivity contribution is 7.91. The zero-order chi connectivity index (χ0) is 12.3. The van der Waals surface area contributed by atoms with Crippen LogP contribution in [-0.2, 0) is 9.84 Å². The zero-order valence-corrected chi connectivity index (χ0v) is 9.49. The number of carbonyl (C=O) groups is 1. The van der Waals surface area contributed by atoms with Crippen molar-refractivity contribution in [3.63, 3.8) is 0 Å². The van der Waals surface area contributed by atoms with Gasteiger partial charge >= 0.3 is 5.97 Å². The fourth-order valence-corrected chi connectivity index (χ4v) is 2.31. The third-order valence-corrected chi connectivity index (χ3v) is 3.85. The molecule has 0 radical (unpaired) electrons. The van der Waals surface area contributed by atoms with Crippen LogP contribution in [0.1, 0.15) is 15.9 Å². The molecule has 1 aromatic rings. The summed E-state index contributed by atoms with van der Waals surface area (Å²) in [5, 5.41) is 17.4. The number of carboxylic acids is 1. The van der Waals surface area contributed by atoms with Crippen LogP contribution in [0, 0.1) is 6.92 Å². The number of rotatable bonds is 4. The van der Waals surface area contributed by atoms with Gasteiger partial charge in [0.1, 0.15) is 0 Å². The highest BCUT2D eigenvalue weighted by Crippen LogP contribution is 2.16. The second-order valence-electron chi connectivity index (χ2n) is 3.32. The molecule has 1 aromatic carbocycles. The largest absolute Gasteiger partial charge is 0.478 e. The fraction of sp³-hybridized carbons (Fsp3) is 0.300. The number of benzene rings is 1. The molecule has 0 unspecified atom stereocenters. The third kappa shape index (κ3) is 2.59. The normalized spacial score (nSPS) is 11.4. The van der Waals surface area contributed by atoms with Crippen LogP contribution >= 0.6 is 0 Å². The van der Waals surface area contributed by atoms with Crippen molar-refractivity contribution in [1.82, 2.24) is 0 Å². The maximum Gasteiger partial charge on any atom is 0.335 e. The monoisotopic (exact) mass is 244 g/mol. The summed E-state index contributed by atoms with van der Waals surface area (Å²) in [6, 6.07) is 3.89. The van der Waals surface area contributed by atoms with E-state index in [0.717, 1.165) is 6.07 Å². The van der Waals surface area contributed by atoms with Crippen LogP contribution in [-0.4, -0.2) is 37.0 Å². The second-order valence-corrected chi connectivity index (χ2v) is 5.43. The molecule has 2 N–H and O–H groups in total. The highest BCUT2D eigenvalue weighted by atomic mass is 32.2. The summed E-state index contributed by atoms with van der Waals surface area (Å²) < 4.78 is 23.1. The molecule has 0 atom stereocenters. The van der Waals surface area contributed by atoms with Crippen LogP contribution in [0.5, 0.6) is 0 Å². The fourth-order valence-electron chi connectivity index (χ4n) is 1.26. The van der Waals surface area contributed by atoms with Crippen molar-refractivity contribution in [3.8, 4) is 0 Å². The first kappa shape index (κ1) is 12.7. The molecule has 0 aliphatic carbocycles. The van der Waals surface area contributed by atoms with Crippen LogP contribution in [0.3, 0.4) is 0 Å². The van der Waals surface area contributed by atoms with Crippen molar-refractivity contribution in [2.24, 2.45) is 0 Å². The van der Waals surface area contributed by atoms with Crippen molar-refractivity contribution < 1.29 is 23.4 Å². The Morgan fingerprint density at radius 1 is 1.38 bits per heavy atom. The highest BCUT2D eigenvalue weighted by Gasteiger charge is 2.17. The van der Waals surface area contributed by atoms with Gasteiger partial charge in [0.05, 0.1) is 22.8 Å². The van der Waals surface area contributed by atoms with Gasteiger partial charge in [-0.1, -0.05) is 6.07 Å². The van der Waals surface area contributed by atoms with Gasteiger partial charge in [-0.15, -0.1) is 0 Å². The number of aliphatic hydroxyl groups excluding tert-OH is 1. The van der Waals surface area contributed by atoms with Crippen molar-refractivity contribution in [1.29, 1.82) is 0 Å². The Bertz CT molecular complexity index is 504. The molecule has 1 rings (SSSR count). The van der Waals surface area contributed by atoms with E-state index in [-0.39, 0.29) is 10.5 Å². The number of aryl methyl sites for hydroxylation is 1. The lowest BCUT2D eigenvalue weighted by Crippen LogP contribution is -2.11. The van der Waals surface area contributed by atoms with Gasteiger partial charge < -0.3 is 10.2 Å². The number of sulfone groups is 1. The van der Waals surface area contributed by atoms with Gasteiger partial charge in [-0.2, -0.15) is 0 Å². The molecule has 0 heterocycles. The van der Waals surface area contributed by atoms with E-state index >= 15 is 0 Å². The van der Waals surface area contributed by atoms with E-state index in [4.69, 9.17) is 10.2 Å². The van der Waals surface area contributed by atoms with Crippen molar-refractivity contribution in [2.45, 2.75) is 11.8 Å². The molecule has 5 nitrogen and oxygen atoms in total. The van der Waals surface area contributed by atoms with Gasteiger partial charge in [0.25, 0.3) is 0 Å². The number of hydrogen-bond acceptors (Lipinski definition) is 4. The Hall–Kier alpha value is -1.40. The maximum atomic E-state index is 11.6. The number of carboxylic acid groups (broad SMARTS) is 1. The second kappa shape index (κ2) is 4.63. The summed E-state index contributed by atoms with van der Waals surface area (Å²) in [6.07, 6.45) is 0. The molecule has 16 heavy (non-hydrogen) atoms. The molecule has 0 aliphatic heterocycles.